The first-order valence-corrected chi connectivity index (χ1v) is 8.28. The molecule has 3 rings (SSSR count). The van der Waals surface area contributed by atoms with Gasteiger partial charge in [0.1, 0.15) is 0 Å². The van der Waals surface area contributed by atoms with Gasteiger partial charge in [0.05, 0.1) is 0 Å². The average Bonchev–Trinajstić information content (AvgIpc) is 3.01. The average molecular weight is 250 g/mol. The van der Waals surface area contributed by atoms with E-state index < -0.39 is 0 Å². The molecule has 2 nitrogen and oxygen atoms in total. The van der Waals surface area contributed by atoms with Crippen LogP contribution in [0.1, 0.15) is 64.7 Å². The highest BCUT2D eigenvalue weighted by Crippen LogP contribution is 2.48. The van der Waals surface area contributed by atoms with Gasteiger partial charge in [-0.15, -0.1) is 0 Å². The molecule has 3 aliphatic rings. The summed E-state index contributed by atoms with van der Waals surface area (Å²) in [7, 11) is 0. The lowest BCUT2D eigenvalue weighted by Crippen LogP contribution is -2.40. The third kappa shape index (κ3) is 2.91. The summed E-state index contributed by atoms with van der Waals surface area (Å²) in [5.74, 6) is 0.996. The van der Waals surface area contributed by atoms with Crippen molar-refractivity contribution in [3.05, 3.63) is 0 Å². The van der Waals surface area contributed by atoms with E-state index >= 15 is 0 Å². The predicted molar refractivity (Wildman–Crippen MR) is 76.7 cm³/mol. The third-order valence-electron chi connectivity index (χ3n) is 5.57. The Labute approximate surface area is 112 Å². The van der Waals surface area contributed by atoms with Gasteiger partial charge in [0, 0.05) is 25.2 Å². The van der Waals surface area contributed by atoms with Crippen LogP contribution in [-0.4, -0.2) is 25.2 Å². The minimum atomic E-state index is 0.708. The van der Waals surface area contributed by atoms with Gasteiger partial charge in [0.15, 0.2) is 0 Å². The zero-order valence-electron chi connectivity index (χ0n) is 12.0. The van der Waals surface area contributed by atoms with E-state index in [-0.39, 0.29) is 0 Å². The van der Waals surface area contributed by atoms with E-state index in [1.165, 1.54) is 70.9 Å². The van der Waals surface area contributed by atoms with Crippen LogP contribution in [0.3, 0.4) is 0 Å². The molecular weight excluding hydrogens is 220 g/mol. The normalized spacial score (nSPS) is 37.5. The highest BCUT2D eigenvalue weighted by atomic mass is 15.0. The molecule has 3 fully saturated rings. The van der Waals surface area contributed by atoms with E-state index in [0.29, 0.717) is 5.41 Å². The minimum absolute atomic E-state index is 0.708. The van der Waals surface area contributed by atoms with E-state index in [9.17, 15) is 0 Å². The van der Waals surface area contributed by atoms with Crippen molar-refractivity contribution >= 4 is 0 Å². The number of hydrogen-bond donors (Lipinski definition) is 2. The fourth-order valence-electron chi connectivity index (χ4n) is 4.32. The van der Waals surface area contributed by atoms with Crippen molar-refractivity contribution in [3.63, 3.8) is 0 Å². The Kier molecular flexibility index (Phi) is 3.95. The van der Waals surface area contributed by atoms with Gasteiger partial charge in [-0.25, -0.2) is 0 Å². The van der Waals surface area contributed by atoms with Gasteiger partial charge in [-0.05, 0) is 49.9 Å². The largest absolute Gasteiger partial charge is 0.315 e. The molecule has 1 saturated heterocycles. The Morgan fingerprint density at radius 3 is 2.78 bits per heavy atom. The van der Waals surface area contributed by atoms with E-state index in [1.807, 2.05) is 0 Å². The molecule has 2 saturated carbocycles. The van der Waals surface area contributed by atoms with Crippen LogP contribution >= 0.6 is 0 Å². The van der Waals surface area contributed by atoms with Gasteiger partial charge >= 0.3 is 0 Å². The molecule has 0 aromatic carbocycles. The Morgan fingerprint density at radius 1 is 1.22 bits per heavy atom. The summed E-state index contributed by atoms with van der Waals surface area (Å²) in [5, 5.41) is 7.63. The monoisotopic (exact) mass is 250 g/mol. The van der Waals surface area contributed by atoms with E-state index in [4.69, 9.17) is 0 Å². The summed E-state index contributed by atoms with van der Waals surface area (Å²) >= 11 is 0. The topological polar surface area (TPSA) is 24.1 Å². The lowest BCUT2D eigenvalue weighted by Gasteiger charge is -2.24. The number of nitrogens with one attached hydrogen (secondary N) is 2. The standard InChI is InChI=1S/C16H30N2/c1-2-7-16(8-9-16)12-17-11-14-10-13-5-3-4-6-15(13)18-14/h13-15,17-18H,2-12H2,1H3. The molecule has 0 aromatic rings. The summed E-state index contributed by atoms with van der Waals surface area (Å²) in [6.45, 7) is 4.80. The van der Waals surface area contributed by atoms with E-state index in [2.05, 4.69) is 17.6 Å². The van der Waals surface area contributed by atoms with Crippen molar-refractivity contribution in [2.75, 3.05) is 13.1 Å². The Hall–Kier alpha value is -0.0800. The summed E-state index contributed by atoms with van der Waals surface area (Å²) < 4.78 is 0. The molecule has 0 radical (unpaired) electrons. The molecule has 104 valence electrons. The highest BCUT2D eigenvalue weighted by Gasteiger charge is 2.41. The van der Waals surface area contributed by atoms with Crippen LogP contribution in [0, 0.1) is 11.3 Å². The van der Waals surface area contributed by atoms with Gasteiger partial charge < -0.3 is 10.6 Å². The van der Waals surface area contributed by atoms with Crippen LogP contribution < -0.4 is 10.6 Å². The summed E-state index contributed by atoms with van der Waals surface area (Å²) in [6.07, 6.45) is 13.0. The molecule has 2 aliphatic carbocycles. The Balaban J connectivity index is 1.37. The van der Waals surface area contributed by atoms with Gasteiger partial charge in [-0.1, -0.05) is 26.2 Å². The molecule has 0 amide bonds. The zero-order chi connectivity index (χ0) is 12.4. The second kappa shape index (κ2) is 5.50. The molecule has 18 heavy (non-hydrogen) atoms. The number of hydrogen-bond acceptors (Lipinski definition) is 2. The lowest BCUT2D eigenvalue weighted by atomic mass is 9.85. The zero-order valence-corrected chi connectivity index (χ0v) is 12.0. The van der Waals surface area contributed by atoms with Crippen LogP contribution in [0.2, 0.25) is 0 Å². The minimum Gasteiger partial charge on any atom is -0.315 e. The maximum Gasteiger partial charge on any atom is 0.0198 e. The van der Waals surface area contributed by atoms with Gasteiger partial charge in [-0.3, -0.25) is 0 Å². The predicted octanol–water partition coefficient (Wildman–Crippen LogP) is 3.08. The molecule has 3 atom stereocenters. The van der Waals surface area contributed by atoms with Crippen molar-refractivity contribution in [2.24, 2.45) is 11.3 Å². The quantitative estimate of drug-likeness (QED) is 0.757. The second-order valence-corrected chi connectivity index (χ2v) is 7.13. The molecular formula is C16H30N2. The van der Waals surface area contributed by atoms with Crippen molar-refractivity contribution in [2.45, 2.75) is 76.8 Å². The van der Waals surface area contributed by atoms with Crippen LogP contribution in [-0.2, 0) is 0 Å². The molecule has 0 bridgehead atoms. The Bertz CT molecular complexity index is 258. The maximum absolute atomic E-state index is 3.87. The maximum atomic E-state index is 3.87. The first-order valence-electron chi connectivity index (χ1n) is 8.28. The van der Waals surface area contributed by atoms with E-state index in [1.54, 1.807) is 0 Å². The van der Waals surface area contributed by atoms with Crippen molar-refractivity contribution in [1.29, 1.82) is 0 Å². The Morgan fingerprint density at radius 2 is 2.06 bits per heavy atom. The molecule has 0 spiro atoms. The van der Waals surface area contributed by atoms with Crippen LogP contribution in [0.5, 0.6) is 0 Å². The third-order valence-corrected chi connectivity index (χ3v) is 5.57. The van der Waals surface area contributed by atoms with Crippen molar-refractivity contribution in [1.82, 2.24) is 10.6 Å². The van der Waals surface area contributed by atoms with Crippen molar-refractivity contribution < 1.29 is 0 Å². The molecule has 2 N–H and O–H groups in total. The molecule has 2 heteroatoms. The summed E-state index contributed by atoms with van der Waals surface area (Å²) in [4.78, 5) is 0. The number of rotatable bonds is 6. The smallest absolute Gasteiger partial charge is 0.0198 e. The highest BCUT2D eigenvalue weighted by molar-refractivity contribution is 4.97. The van der Waals surface area contributed by atoms with Crippen LogP contribution in [0.15, 0.2) is 0 Å². The second-order valence-electron chi connectivity index (χ2n) is 7.13. The van der Waals surface area contributed by atoms with E-state index in [0.717, 1.165) is 18.0 Å². The lowest BCUT2D eigenvalue weighted by molar-refractivity contribution is 0.325. The molecule has 3 unspecified atom stereocenters. The van der Waals surface area contributed by atoms with Gasteiger partial charge in [0.2, 0.25) is 0 Å². The first-order chi connectivity index (χ1) is 8.81. The summed E-state index contributed by atoms with van der Waals surface area (Å²) in [5.41, 5.74) is 0.708. The molecule has 1 aliphatic heterocycles. The fourth-order valence-corrected chi connectivity index (χ4v) is 4.32. The van der Waals surface area contributed by atoms with Gasteiger partial charge in [-0.2, -0.15) is 0 Å². The number of fused-ring (bicyclic) bond motifs is 1. The molecule has 1 heterocycles. The first kappa shape index (κ1) is 12.9. The van der Waals surface area contributed by atoms with Crippen molar-refractivity contribution in [3.8, 4) is 0 Å². The van der Waals surface area contributed by atoms with Crippen LogP contribution in [0.25, 0.3) is 0 Å². The SMILES string of the molecule is CCCC1(CNCC2CC3CCCCC3N2)CC1. The summed E-state index contributed by atoms with van der Waals surface area (Å²) in [6, 6.07) is 1.62. The van der Waals surface area contributed by atoms with Gasteiger partial charge in [0.25, 0.3) is 0 Å². The molecule has 0 aromatic heterocycles. The fraction of sp³-hybridized carbons (Fsp3) is 1.00. The van der Waals surface area contributed by atoms with Crippen LogP contribution in [0.4, 0.5) is 0 Å².